The monoisotopic (exact) mass is 308 g/mol. The van der Waals surface area contributed by atoms with E-state index in [-0.39, 0.29) is 5.03 Å². The van der Waals surface area contributed by atoms with Crippen molar-refractivity contribution in [2.75, 3.05) is 10.5 Å². The number of anilines is 2. The first-order chi connectivity index (χ1) is 9.74. The smallest absolute Gasteiger partial charge is 0.281 e. The van der Waals surface area contributed by atoms with Gasteiger partial charge in [-0.3, -0.25) is 4.72 Å². The molecular weight excluding hydrogens is 288 g/mol. The minimum atomic E-state index is -3.74. The SMILES string of the molecule is CCn1cc(S(=O)(=O)Nc2cc(C)c(C)cc2N)nc1C. The number of aryl methyl sites for hydroxylation is 4. The zero-order valence-electron chi connectivity index (χ0n) is 12.6. The van der Waals surface area contributed by atoms with Crippen molar-refractivity contribution >= 4 is 21.4 Å². The maximum atomic E-state index is 12.4. The second-order valence-corrected chi connectivity index (χ2v) is 6.67. The number of nitrogen functional groups attached to an aromatic ring is 1. The van der Waals surface area contributed by atoms with Crippen molar-refractivity contribution in [1.82, 2.24) is 9.55 Å². The Labute approximate surface area is 125 Å². The van der Waals surface area contributed by atoms with E-state index in [9.17, 15) is 8.42 Å². The standard InChI is InChI=1S/C14H20N4O2S/c1-5-18-8-14(16-11(18)4)21(19,20)17-13-7-10(3)9(2)6-12(13)15/h6-8,17H,5,15H2,1-4H3. The highest BCUT2D eigenvalue weighted by molar-refractivity contribution is 7.92. The van der Waals surface area contributed by atoms with E-state index in [1.807, 2.05) is 20.8 Å². The molecule has 0 amide bonds. The molecule has 114 valence electrons. The summed E-state index contributed by atoms with van der Waals surface area (Å²) in [7, 11) is -3.74. The van der Waals surface area contributed by atoms with E-state index in [1.165, 1.54) is 6.20 Å². The number of hydrogen-bond donors (Lipinski definition) is 2. The van der Waals surface area contributed by atoms with Crippen LogP contribution in [-0.4, -0.2) is 18.0 Å². The van der Waals surface area contributed by atoms with Gasteiger partial charge in [0.1, 0.15) is 5.82 Å². The first-order valence-electron chi connectivity index (χ1n) is 6.68. The van der Waals surface area contributed by atoms with Crippen molar-refractivity contribution in [3.63, 3.8) is 0 Å². The molecule has 2 rings (SSSR count). The summed E-state index contributed by atoms with van der Waals surface area (Å²) in [6.45, 7) is 8.20. The molecule has 0 bridgehead atoms. The van der Waals surface area contributed by atoms with Gasteiger partial charge in [-0.15, -0.1) is 0 Å². The van der Waals surface area contributed by atoms with Crippen molar-refractivity contribution in [3.05, 3.63) is 35.3 Å². The Bertz CT molecular complexity index is 779. The molecule has 0 aliphatic heterocycles. The molecular formula is C14H20N4O2S. The molecule has 1 aromatic heterocycles. The van der Waals surface area contributed by atoms with Crippen LogP contribution in [0.15, 0.2) is 23.4 Å². The van der Waals surface area contributed by atoms with Crippen LogP contribution in [0.2, 0.25) is 0 Å². The predicted molar refractivity (Wildman–Crippen MR) is 83.8 cm³/mol. The quantitative estimate of drug-likeness (QED) is 0.847. The minimum absolute atomic E-state index is 0.000483. The highest BCUT2D eigenvalue weighted by Gasteiger charge is 2.20. The Kier molecular flexibility index (Phi) is 3.95. The van der Waals surface area contributed by atoms with Gasteiger partial charge in [0, 0.05) is 12.7 Å². The molecule has 0 radical (unpaired) electrons. The van der Waals surface area contributed by atoms with Crippen molar-refractivity contribution in [2.24, 2.45) is 0 Å². The number of aromatic nitrogens is 2. The van der Waals surface area contributed by atoms with Gasteiger partial charge in [-0.25, -0.2) is 4.98 Å². The molecule has 0 atom stereocenters. The second kappa shape index (κ2) is 5.40. The van der Waals surface area contributed by atoms with E-state index in [2.05, 4.69) is 9.71 Å². The van der Waals surface area contributed by atoms with Gasteiger partial charge >= 0.3 is 0 Å². The van der Waals surface area contributed by atoms with E-state index < -0.39 is 10.0 Å². The fourth-order valence-electron chi connectivity index (χ4n) is 2.05. The van der Waals surface area contributed by atoms with Gasteiger partial charge < -0.3 is 10.3 Å². The Morgan fingerprint density at radius 1 is 1.24 bits per heavy atom. The number of benzene rings is 1. The number of nitrogens with zero attached hydrogens (tertiary/aromatic N) is 2. The minimum Gasteiger partial charge on any atom is -0.397 e. The van der Waals surface area contributed by atoms with Crippen LogP contribution in [0, 0.1) is 20.8 Å². The number of rotatable bonds is 4. The van der Waals surface area contributed by atoms with Gasteiger partial charge in [0.25, 0.3) is 10.0 Å². The summed E-state index contributed by atoms with van der Waals surface area (Å²) in [6, 6.07) is 3.48. The van der Waals surface area contributed by atoms with Crippen LogP contribution < -0.4 is 10.5 Å². The highest BCUT2D eigenvalue weighted by atomic mass is 32.2. The molecule has 6 nitrogen and oxygen atoms in total. The number of hydrogen-bond acceptors (Lipinski definition) is 4. The fourth-order valence-corrected chi connectivity index (χ4v) is 3.14. The molecule has 1 heterocycles. The van der Waals surface area contributed by atoms with Crippen LogP contribution in [0.25, 0.3) is 0 Å². The van der Waals surface area contributed by atoms with E-state index >= 15 is 0 Å². The van der Waals surface area contributed by atoms with Gasteiger partial charge in [0.15, 0.2) is 5.03 Å². The zero-order valence-corrected chi connectivity index (χ0v) is 13.5. The van der Waals surface area contributed by atoms with Gasteiger partial charge in [-0.2, -0.15) is 8.42 Å². The maximum Gasteiger partial charge on any atom is 0.281 e. The normalized spacial score (nSPS) is 11.6. The number of nitrogens with one attached hydrogen (secondary N) is 1. The molecule has 0 spiro atoms. The summed E-state index contributed by atoms with van der Waals surface area (Å²) in [6.07, 6.45) is 1.52. The third-order valence-electron chi connectivity index (χ3n) is 3.48. The Morgan fingerprint density at radius 3 is 2.43 bits per heavy atom. The molecule has 3 N–H and O–H groups in total. The molecule has 0 unspecified atom stereocenters. The highest BCUT2D eigenvalue weighted by Crippen LogP contribution is 2.25. The van der Waals surface area contributed by atoms with Crippen LogP contribution in [0.5, 0.6) is 0 Å². The number of sulfonamides is 1. The first kappa shape index (κ1) is 15.4. The Morgan fingerprint density at radius 2 is 1.86 bits per heavy atom. The van der Waals surface area contributed by atoms with E-state index in [1.54, 1.807) is 23.6 Å². The van der Waals surface area contributed by atoms with Crippen molar-refractivity contribution < 1.29 is 8.42 Å². The number of nitrogens with two attached hydrogens (primary N) is 1. The van der Waals surface area contributed by atoms with Gasteiger partial charge in [0.05, 0.1) is 11.4 Å². The molecule has 2 aromatic rings. The topological polar surface area (TPSA) is 90.0 Å². The fraction of sp³-hybridized carbons (Fsp3) is 0.357. The second-order valence-electron chi connectivity index (χ2n) is 5.04. The summed E-state index contributed by atoms with van der Waals surface area (Å²) in [5.41, 5.74) is 8.64. The molecule has 0 saturated heterocycles. The van der Waals surface area contributed by atoms with Crippen LogP contribution in [0.3, 0.4) is 0 Å². The Hall–Kier alpha value is -2.02. The van der Waals surface area contributed by atoms with E-state index in [0.29, 0.717) is 23.7 Å². The molecule has 0 saturated carbocycles. The zero-order chi connectivity index (χ0) is 15.8. The van der Waals surface area contributed by atoms with Crippen LogP contribution in [0.1, 0.15) is 23.9 Å². The lowest BCUT2D eigenvalue weighted by Gasteiger charge is -2.11. The molecule has 7 heteroatoms. The van der Waals surface area contributed by atoms with Crippen molar-refractivity contribution in [3.8, 4) is 0 Å². The van der Waals surface area contributed by atoms with Gasteiger partial charge in [0.2, 0.25) is 0 Å². The third kappa shape index (κ3) is 3.02. The van der Waals surface area contributed by atoms with Crippen LogP contribution in [-0.2, 0) is 16.6 Å². The molecule has 21 heavy (non-hydrogen) atoms. The predicted octanol–water partition coefficient (Wildman–Crippen LogP) is 2.21. The van der Waals surface area contributed by atoms with Crippen LogP contribution >= 0.6 is 0 Å². The maximum absolute atomic E-state index is 12.4. The van der Waals surface area contributed by atoms with Crippen molar-refractivity contribution in [1.29, 1.82) is 0 Å². The summed E-state index contributed by atoms with van der Waals surface area (Å²) in [5.74, 6) is 0.658. The number of imidazole rings is 1. The lowest BCUT2D eigenvalue weighted by Crippen LogP contribution is -2.15. The summed E-state index contributed by atoms with van der Waals surface area (Å²) >= 11 is 0. The molecule has 0 aliphatic carbocycles. The van der Waals surface area contributed by atoms with E-state index in [4.69, 9.17) is 5.73 Å². The molecule has 1 aromatic carbocycles. The largest absolute Gasteiger partial charge is 0.397 e. The van der Waals surface area contributed by atoms with Gasteiger partial charge in [-0.05, 0) is 51.0 Å². The average molecular weight is 308 g/mol. The van der Waals surface area contributed by atoms with Gasteiger partial charge in [-0.1, -0.05) is 0 Å². The van der Waals surface area contributed by atoms with E-state index in [0.717, 1.165) is 11.1 Å². The van der Waals surface area contributed by atoms with Crippen LogP contribution in [0.4, 0.5) is 11.4 Å². The summed E-state index contributed by atoms with van der Waals surface area (Å²) in [4.78, 5) is 4.09. The first-order valence-corrected chi connectivity index (χ1v) is 8.16. The van der Waals surface area contributed by atoms with Crippen molar-refractivity contribution in [2.45, 2.75) is 39.3 Å². The molecule has 0 fully saturated rings. The third-order valence-corrected chi connectivity index (χ3v) is 4.72. The lowest BCUT2D eigenvalue weighted by atomic mass is 10.1. The Balaban J connectivity index is 2.39. The summed E-state index contributed by atoms with van der Waals surface area (Å²) in [5, 5.41) is -0.000483. The summed E-state index contributed by atoms with van der Waals surface area (Å²) < 4.78 is 29.1. The average Bonchev–Trinajstić information content (AvgIpc) is 2.78. The molecule has 0 aliphatic rings. The lowest BCUT2D eigenvalue weighted by molar-refractivity contribution is 0.598.